The van der Waals surface area contributed by atoms with E-state index in [2.05, 4.69) is 20.1 Å². The molecule has 0 amide bonds. The van der Waals surface area contributed by atoms with Gasteiger partial charge in [0, 0.05) is 23.3 Å². The SMILES string of the molecule is Cc1cc(Oc2ccc3ncccc3c2)n2ncnc2n1. The van der Waals surface area contributed by atoms with Crippen molar-refractivity contribution in [2.45, 2.75) is 6.92 Å². The normalized spacial score (nSPS) is 11.1. The van der Waals surface area contributed by atoms with Crippen LogP contribution in [0.3, 0.4) is 0 Å². The van der Waals surface area contributed by atoms with Gasteiger partial charge in [0.15, 0.2) is 0 Å². The minimum absolute atomic E-state index is 0.521. The van der Waals surface area contributed by atoms with E-state index in [9.17, 15) is 0 Å². The van der Waals surface area contributed by atoms with Gasteiger partial charge in [-0.25, -0.2) is 4.98 Å². The van der Waals surface area contributed by atoms with Gasteiger partial charge in [0.25, 0.3) is 5.78 Å². The van der Waals surface area contributed by atoms with Crippen molar-refractivity contribution < 1.29 is 4.74 Å². The molecule has 102 valence electrons. The van der Waals surface area contributed by atoms with Crippen LogP contribution in [0.5, 0.6) is 11.6 Å². The Hall–Kier alpha value is -3.02. The van der Waals surface area contributed by atoms with Crippen LogP contribution < -0.4 is 4.74 Å². The van der Waals surface area contributed by atoms with Crippen molar-refractivity contribution >= 4 is 16.7 Å². The van der Waals surface area contributed by atoms with E-state index in [1.165, 1.54) is 6.33 Å². The molecular weight excluding hydrogens is 266 g/mol. The lowest BCUT2D eigenvalue weighted by molar-refractivity contribution is 0.446. The van der Waals surface area contributed by atoms with E-state index in [1.54, 1.807) is 10.7 Å². The first kappa shape index (κ1) is 11.8. The summed E-state index contributed by atoms with van der Waals surface area (Å²) in [7, 11) is 0. The van der Waals surface area contributed by atoms with E-state index in [0.717, 1.165) is 22.3 Å². The Morgan fingerprint density at radius 2 is 2.05 bits per heavy atom. The molecule has 1 aromatic carbocycles. The first-order valence-electron chi connectivity index (χ1n) is 6.50. The van der Waals surface area contributed by atoms with E-state index in [0.29, 0.717) is 11.7 Å². The van der Waals surface area contributed by atoms with E-state index >= 15 is 0 Å². The molecule has 0 spiro atoms. The van der Waals surface area contributed by atoms with Crippen molar-refractivity contribution in [3.05, 3.63) is 54.6 Å². The number of nitrogens with zero attached hydrogens (tertiary/aromatic N) is 5. The van der Waals surface area contributed by atoms with Gasteiger partial charge in [0.05, 0.1) is 5.52 Å². The third-order valence-corrected chi connectivity index (χ3v) is 3.14. The fourth-order valence-electron chi connectivity index (χ4n) is 2.21. The van der Waals surface area contributed by atoms with Crippen molar-refractivity contribution in [1.82, 2.24) is 24.6 Å². The zero-order chi connectivity index (χ0) is 14.2. The van der Waals surface area contributed by atoms with Crippen LogP contribution in [0.25, 0.3) is 16.7 Å². The standard InChI is InChI=1S/C15H11N5O/c1-10-7-14(20-15(19-10)17-9-18-20)21-12-4-5-13-11(8-12)3-2-6-16-13/h2-9H,1H3. The first-order valence-corrected chi connectivity index (χ1v) is 6.50. The Balaban J connectivity index is 1.80. The molecule has 0 bridgehead atoms. The van der Waals surface area contributed by atoms with Gasteiger partial charge in [-0.05, 0) is 31.2 Å². The Morgan fingerprint density at radius 1 is 1.10 bits per heavy atom. The lowest BCUT2D eigenvalue weighted by Crippen LogP contribution is -1.99. The highest BCUT2D eigenvalue weighted by molar-refractivity contribution is 5.79. The van der Waals surface area contributed by atoms with Crippen LogP contribution in [-0.2, 0) is 0 Å². The number of ether oxygens (including phenoxy) is 1. The monoisotopic (exact) mass is 277 g/mol. The number of aromatic nitrogens is 5. The van der Waals surface area contributed by atoms with Crippen molar-refractivity contribution in [3.63, 3.8) is 0 Å². The molecule has 6 nitrogen and oxygen atoms in total. The fourth-order valence-corrected chi connectivity index (χ4v) is 2.21. The first-order chi connectivity index (χ1) is 10.3. The maximum Gasteiger partial charge on any atom is 0.255 e. The summed E-state index contributed by atoms with van der Waals surface area (Å²) in [5.41, 5.74) is 1.76. The van der Waals surface area contributed by atoms with E-state index in [1.807, 2.05) is 43.3 Å². The molecule has 0 aliphatic rings. The minimum Gasteiger partial charge on any atom is -0.439 e. The molecule has 0 atom stereocenters. The Bertz CT molecular complexity index is 947. The molecule has 4 rings (SSSR count). The topological polar surface area (TPSA) is 65.2 Å². The fraction of sp³-hybridized carbons (Fsp3) is 0.0667. The second-order valence-electron chi connectivity index (χ2n) is 4.67. The number of hydrogen-bond donors (Lipinski definition) is 0. The number of rotatable bonds is 2. The summed E-state index contributed by atoms with van der Waals surface area (Å²) >= 11 is 0. The average Bonchev–Trinajstić information content (AvgIpc) is 2.95. The number of aryl methyl sites for hydroxylation is 1. The van der Waals surface area contributed by atoms with Crippen molar-refractivity contribution in [3.8, 4) is 11.6 Å². The van der Waals surface area contributed by atoms with Crippen LogP contribution in [0.15, 0.2) is 48.9 Å². The van der Waals surface area contributed by atoms with Gasteiger partial charge < -0.3 is 4.74 Å². The number of fused-ring (bicyclic) bond motifs is 2. The summed E-state index contributed by atoms with van der Waals surface area (Å²) in [5.74, 6) is 1.82. The molecule has 0 aliphatic heterocycles. The van der Waals surface area contributed by atoms with Gasteiger partial charge in [-0.15, -0.1) is 0 Å². The lowest BCUT2D eigenvalue weighted by Gasteiger charge is -2.08. The van der Waals surface area contributed by atoms with E-state index in [4.69, 9.17) is 4.74 Å². The van der Waals surface area contributed by atoms with Crippen LogP contribution in [0, 0.1) is 6.92 Å². The third kappa shape index (κ3) is 2.06. The minimum atomic E-state index is 0.521. The summed E-state index contributed by atoms with van der Waals surface area (Å²) in [4.78, 5) is 12.7. The Morgan fingerprint density at radius 3 is 3.00 bits per heavy atom. The molecule has 0 aliphatic carbocycles. The van der Waals surface area contributed by atoms with Gasteiger partial charge in [-0.2, -0.15) is 14.6 Å². The Labute approximate surface area is 120 Å². The van der Waals surface area contributed by atoms with Gasteiger partial charge >= 0.3 is 0 Å². The summed E-state index contributed by atoms with van der Waals surface area (Å²) in [6, 6.07) is 11.5. The molecule has 21 heavy (non-hydrogen) atoms. The second-order valence-corrected chi connectivity index (χ2v) is 4.67. The van der Waals surface area contributed by atoms with Crippen LogP contribution in [0.4, 0.5) is 0 Å². The zero-order valence-electron chi connectivity index (χ0n) is 11.3. The van der Waals surface area contributed by atoms with Crippen molar-refractivity contribution in [2.24, 2.45) is 0 Å². The van der Waals surface area contributed by atoms with E-state index in [-0.39, 0.29) is 0 Å². The quantitative estimate of drug-likeness (QED) is 0.563. The number of pyridine rings is 1. The molecule has 3 heterocycles. The molecule has 6 heteroatoms. The highest BCUT2D eigenvalue weighted by Gasteiger charge is 2.08. The highest BCUT2D eigenvalue weighted by atomic mass is 16.5. The Kier molecular flexibility index (Phi) is 2.53. The second kappa shape index (κ2) is 4.52. The predicted molar refractivity (Wildman–Crippen MR) is 77.3 cm³/mol. The average molecular weight is 277 g/mol. The van der Waals surface area contributed by atoms with Gasteiger partial charge in [0.1, 0.15) is 12.1 Å². The van der Waals surface area contributed by atoms with Crippen molar-refractivity contribution in [2.75, 3.05) is 0 Å². The zero-order valence-corrected chi connectivity index (χ0v) is 11.3. The molecule has 0 unspecified atom stereocenters. The molecule has 0 radical (unpaired) electrons. The third-order valence-electron chi connectivity index (χ3n) is 3.14. The van der Waals surface area contributed by atoms with Gasteiger partial charge in [-0.1, -0.05) is 6.07 Å². The van der Waals surface area contributed by atoms with Crippen LogP contribution in [0.1, 0.15) is 5.69 Å². The molecule has 0 N–H and O–H groups in total. The van der Waals surface area contributed by atoms with Crippen LogP contribution in [-0.4, -0.2) is 24.6 Å². The number of benzene rings is 1. The predicted octanol–water partition coefficient (Wildman–Crippen LogP) is 2.77. The maximum absolute atomic E-state index is 5.93. The molecule has 4 aromatic rings. The maximum atomic E-state index is 5.93. The van der Waals surface area contributed by atoms with E-state index < -0.39 is 0 Å². The van der Waals surface area contributed by atoms with Crippen molar-refractivity contribution in [1.29, 1.82) is 0 Å². The molecule has 3 aromatic heterocycles. The van der Waals surface area contributed by atoms with Crippen LogP contribution in [0.2, 0.25) is 0 Å². The summed E-state index contributed by atoms with van der Waals surface area (Å²) in [6.45, 7) is 1.89. The summed E-state index contributed by atoms with van der Waals surface area (Å²) in [5, 5.41) is 5.15. The van der Waals surface area contributed by atoms with Gasteiger partial charge in [0.2, 0.25) is 5.88 Å². The summed E-state index contributed by atoms with van der Waals surface area (Å²) in [6.07, 6.45) is 3.23. The molecular formula is C15H11N5O. The lowest BCUT2D eigenvalue weighted by atomic mass is 10.2. The van der Waals surface area contributed by atoms with Gasteiger partial charge in [-0.3, -0.25) is 4.98 Å². The molecule has 0 fully saturated rings. The largest absolute Gasteiger partial charge is 0.439 e. The highest BCUT2D eigenvalue weighted by Crippen LogP contribution is 2.25. The smallest absolute Gasteiger partial charge is 0.255 e. The molecule has 0 saturated heterocycles. The number of hydrogen-bond acceptors (Lipinski definition) is 5. The van der Waals surface area contributed by atoms with Crippen LogP contribution >= 0.6 is 0 Å². The molecule has 0 saturated carbocycles. The summed E-state index contributed by atoms with van der Waals surface area (Å²) < 4.78 is 7.50.